The first-order valence-corrected chi connectivity index (χ1v) is 11.4. The van der Waals surface area contributed by atoms with E-state index in [0.717, 1.165) is 48.8 Å². The van der Waals surface area contributed by atoms with Crippen molar-refractivity contribution in [3.63, 3.8) is 0 Å². The molecular formula is C27H33N5. The van der Waals surface area contributed by atoms with Crippen LogP contribution in [-0.4, -0.2) is 26.1 Å². The third-order valence-corrected chi connectivity index (χ3v) is 5.69. The molecule has 5 nitrogen and oxygen atoms in total. The van der Waals surface area contributed by atoms with Gasteiger partial charge in [0.05, 0.1) is 11.7 Å². The fourth-order valence-electron chi connectivity index (χ4n) is 4.04. The van der Waals surface area contributed by atoms with Gasteiger partial charge in [0.15, 0.2) is 0 Å². The topological polar surface area (TPSA) is 58.5 Å². The lowest BCUT2D eigenvalue weighted by Gasteiger charge is -2.31. The van der Waals surface area contributed by atoms with Crippen molar-refractivity contribution in [3.05, 3.63) is 96.5 Å². The van der Waals surface area contributed by atoms with Gasteiger partial charge in [0, 0.05) is 37.1 Å². The summed E-state index contributed by atoms with van der Waals surface area (Å²) in [6.45, 7) is 8.54. The van der Waals surface area contributed by atoms with Crippen LogP contribution in [0.25, 0.3) is 11.3 Å². The lowest BCUT2D eigenvalue weighted by molar-refractivity contribution is 0.256. The molecule has 5 heteroatoms. The van der Waals surface area contributed by atoms with Gasteiger partial charge in [0.2, 0.25) is 0 Å². The minimum absolute atomic E-state index is 0.0123. The molecular weight excluding hydrogens is 394 g/mol. The zero-order valence-corrected chi connectivity index (χ0v) is 19.3. The lowest BCUT2D eigenvalue weighted by atomic mass is 9.86. The molecule has 0 saturated carbocycles. The quantitative estimate of drug-likeness (QED) is 0.340. The number of aromatic amines is 1. The van der Waals surface area contributed by atoms with Gasteiger partial charge < -0.3 is 14.9 Å². The highest BCUT2D eigenvalue weighted by Crippen LogP contribution is 2.34. The van der Waals surface area contributed by atoms with Crippen molar-refractivity contribution in [3.8, 4) is 11.3 Å². The summed E-state index contributed by atoms with van der Waals surface area (Å²) >= 11 is 0. The van der Waals surface area contributed by atoms with E-state index in [1.165, 1.54) is 5.56 Å². The van der Waals surface area contributed by atoms with Crippen LogP contribution in [0.15, 0.2) is 79.3 Å². The average Bonchev–Trinajstić information content (AvgIpc) is 3.45. The molecule has 2 aromatic heterocycles. The van der Waals surface area contributed by atoms with Crippen LogP contribution in [-0.2, 0) is 13.0 Å². The van der Waals surface area contributed by atoms with Crippen LogP contribution in [0.3, 0.4) is 0 Å². The van der Waals surface area contributed by atoms with E-state index in [2.05, 4.69) is 101 Å². The van der Waals surface area contributed by atoms with Crippen molar-refractivity contribution in [1.82, 2.24) is 24.8 Å². The van der Waals surface area contributed by atoms with Crippen LogP contribution in [0.5, 0.6) is 0 Å². The van der Waals surface area contributed by atoms with Crippen LogP contribution in [0.4, 0.5) is 0 Å². The monoisotopic (exact) mass is 427 g/mol. The molecule has 2 heterocycles. The van der Waals surface area contributed by atoms with E-state index in [4.69, 9.17) is 4.98 Å². The normalized spacial score (nSPS) is 12.7. The average molecular weight is 428 g/mol. The highest BCUT2D eigenvalue weighted by Gasteiger charge is 2.30. The van der Waals surface area contributed by atoms with Gasteiger partial charge in [0.25, 0.3) is 0 Å². The maximum Gasteiger partial charge on any atom is 0.127 e. The van der Waals surface area contributed by atoms with Gasteiger partial charge in [-0.25, -0.2) is 9.97 Å². The summed E-state index contributed by atoms with van der Waals surface area (Å²) in [7, 11) is 0. The number of H-pyrrole nitrogens is 1. The van der Waals surface area contributed by atoms with Crippen molar-refractivity contribution >= 4 is 0 Å². The van der Waals surface area contributed by atoms with Crippen LogP contribution < -0.4 is 5.32 Å². The standard InChI is InChI=1S/C27H33N5/c1-27(2,3)25(30-16-10-15-24-28-17-18-29-24)26-31-23(22-13-8-5-9-14-22)20-32(26)19-21-11-6-4-7-12-21/h4-9,11-14,17-18,20,25,30H,10,15-16,19H2,1-3H3,(H,28,29). The maximum atomic E-state index is 5.15. The minimum Gasteiger partial charge on any atom is -0.349 e. The highest BCUT2D eigenvalue weighted by atomic mass is 15.1. The number of nitrogens with one attached hydrogen (secondary N) is 2. The highest BCUT2D eigenvalue weighted by molar-refractivity contribution is 5.58. The molecule has 4 aromatic rings. The van der Waals surface area contributed by atoms with E-state index in [1.807, 2.05) is 18.5 Å². The molecule has 4 rings (SSSR count). The van der Waals surface area contributed by atoms with Gasteiger partial charge in [-0.1, -0.05) is 81.4 Å². The van der Waals surface area contributed by atoms with Gasteiger partial charge in [-0.15, -0.1) is 0 Å². The number of nitrogens with zero attached hydrogens (tertiary/aromatic N) is 3. The number of hydrogen-bond acceptors (Lipinski definition) is 3. The Labute approximate surface area is 191 Å². The maximum absolute atomic E-state index is 5.15. The molecule has 0 bridgehead atoms. The number of rotatable bonds is 9. The number of aromatic nitrogens is 4. The lowest BCUT2D eigenvalue weighted by Crippen LogP contribution is -2.35. The van der Waals surface area contributed by atoms with Crippen molar-refractivity contribution in [2.45, 2.75) is 46.2 Å². The molecule has 1 unspecified atom stereocenters. The third-order valence-electron chi connectivity index (χ3n) is 5.69. The fourth-order valence-corrected chi connectivity index (χ4v) is 4.04. The number of benzene rings is 2. The Balaban J connectivity index is 1.61. The molecule has 32 heavy (non-hydrogen) atoms. The molecule has 0 fully saturated rings. The molecule has 166 valence electrons. The third kappa shape index (κ3) is 5.54. The van der Waals surface area contributed by atoms with Crippen molar-refractivity contribution in [1.29, 1.82) is 0 Å². The predicted molar refractivity (Wildman–Crippen MR) is 130 cm³/mol. The van der Waals surface area contributed by atoms with Gasteiger partial charge in [0.1, 0.15) is 11.6 Å². The first-order chi connectivity index (χ1) is 15.5. The largest absolute Gasteiger partial charge is 0.349 e. The summed E-state index contributed by atoms with van der Waals surface area (Å²) in [4.78, 5) is 12.7. The van der Waals surface area contributed by atoms with Gasteiger partial charge in [-0.2, -0.15) is 0 Å². The second-order valence-corrected chi connectivity index (χ2v) is 9.36. The Morgan fingerprint density at radius 2 is 1.72 bits per heavy atom. The summed E-state index contributed by atoms with van der Waals surface area (Å²) in [5, 5.41) is 3.80. The second-order valence-electron chi connectivity index (χ2n) is 9.36. The van der Waals surface area contributed by atoms with Crippen molar-refractivity contribution in [2.75, 3.05) is 6.54 Å². The van der Waals surface area contributed by atoms with E-state index in [9.17, 15) is 0 Å². The molecule has 0 spiro atoms. The van der Waals surface area contributed by atoms with Crippen LogP contribution >= 0.6 is 0 Å². The van der Waals surface area contributed by atoms with Gasteiger partial charge in [-0.3, -0.25) is 0 Å². The predicted octanol–water partition coefficient (Wildman–Crippen LogP) is 5.63. The summed E-state index contributed by atoms with van der Waals surface area (Å²) < 4.78 is 2.31. The van der Waals surface area contributed by atoms with Crippen molar-refractivity contribution in [2.24, 2.45) is 5.41 Å². The first kappa shape index (κ1) is 22.0. The van der Waals surface area contributed by atoms with E-state index >= 15 is 0 Å². The summed E-state index contributed by atoms with van der Waals surface area (Å²) in [5.41, 5.74) is 3.45. The number of imidazole rings is 2. The summed E-state index contributed by atoms with van der Waals surface area (Å²) in [6.07, 6.45) is 7.84. The zero-order valence-electron chi connectivity index (χ0n) is 19.3. The van der Waals surface area contributed by atoms with Crippen LogP contribution in [0, 0.1) is 5.41 Å². The van der Waals surface area contributed by atoms with E-state index in [-0.39, 0.29) is 11.5 Å². The number of hydrogen-bond donors (Lipinski definition) is 2. The Morgan fingerprint density at radius 1 is 1.00 bits per heavy atom. The van der Waals surface area contributed by atoms with Gasteiger partial charge >= 0.3 is 0 Å². The van der Waals surface area contributed by atoms with Crippen molar-refractivity contribution < 1.29 is 0 Å². The Hall–Kier alpha value is -3.18. The molecule has 2 aromatic carbocycles. The molecule has 0 aliphatic rings. The molecule has 0 saturated heterocycles. The minimum atomic E-state index is 0.0123. The number of aryl methyl sites for hydroxylation is 1. The summed E-state index contributed by atoms with van der Waals surface area (Å²) in [5.74, 6) is 2.12. The SMILES string of the molecule is CC(C)(C)C(NCCCc1ncc[nH]1)c1nc(-c2ccccc2)cn1Cc1ccccc1. The smallest absolute Gasteiger partial charge is 0.127 e. The molecule has 2 N–H and O–H groups in total. The first-order valence-electron chi connectivity index (χ1n) is 11.4. The van der Waals surface area contributed by atoms with E-state index in [0.29, 0.717) is 0 Å². The molecule has 0 amide bonds. The molecule has 0 aliphatic heterocycles. The van der Waals surface area contributed by atoms with E-state index < -0.39 is 0 Å². The van der Waals surface area contributed by atoms with Crippen LogP contribution in [0.1, 0.15) is 50.4 Å². The van der Waals surface area contributed by atoms with Gasteiger partial charge in [-0.05, 0) is 23.9 Å². The van der Waals surface area contributed by atoms with E-state index in [1.54, 1.807) is 0 Å². The Morgan fingerprint density at radius 3 is 2.38 bits per heavy atom. The Kier molecular flexibility index (Phi) is 6.86. The Bertz CT molecular complexity index is 1080. The zero-order chi connectivity index (χ0) is 22.4. The second kappa shape index (κ2) is 9.96. The van der Waals surface area contributed by atoms with Crippen LogP contribution in [0.2, 0.25) is 0 Å². The summed E-state index contributed by atoms with van der Waals surface area (Å²) in [6, 6.07) is 21.2. The molecule has 0 radical (unpaired) electrons. The molecule has 1 atom stereocenters. The molecule has 0 aliphatic carbocycles. The fraction of sp³-hybridized carbons (Fsp3) is 0.333.